The summed E-state index contributed by atoms with van der Waals surface area (Å²) < 4.78 is 6.93. The van der Waals surface area contributed by atoms with E-state index in [-0.39, 0.29) is 11.8 Å². The average molecular weight is 379 g/mol. The summed E-state index contributed by atoms with van der Waals surface area (Å²) in [5.41, 5.74) is 2.51. The van der Waals surface area contributed by atoms with Crippen molar-refractivity contribution in [2.75, 3.05) is 18.6 Å². The fourth-order valence-electron chi connectivity index (χ4n) is 3.88. The van der Waals surface area contributed by atoms with E-state index in [0.29, 0.717) is 19.0 Å². The first-order valence-electron chi connectivity index (χ1n) is 9.49. The summed E-state index contributed by atoms with van der Waals surface area (Å²) in [5, 5.41) is 4.60. The van der Waals surface area contributed by atoms with E-state index >= 15 is 0 Å². The molecular weight excluding hydrogens is 354 g/mol. The lowest BCUT2D eigenvalue weighted by Crippen LogP contribution is -2.31. The maximum Gasteiger partial charge on any atom is 0.238 e. The number of anilines is 1. The molecule has 7 nitrogen and oxygen atoms in total. The monoisotopic (exact) mass is 379 g/mol. The van der Waals surface area contributed by atoms with Crippen molar-refractivity contribution in [3.8, 4) is 0 Å². The van der Waals surface area contributed by atoms with Gasteiger partial charge in [0, 0.05) is 48.9 Å². The zero-order chi connectivity index (χ0) is 19.9. The normalized spacial score (nSPS) is 20.8. The summed E-state index contributed by atoms with van der Waals surface area (Å²) in [5.74, 6) is 1.60. The average Bonchev–Trinajstić information content (AvgIpc) is 3.22. The van der Waals surface area contributed by atoms with Gasteiger partial charge < -0.3 is 4.74 Å². The molecule has 2 aliphatic rings. The number of nitrogens with zero attached hydrogens (tertiary/aromatic N) is 5. The maximum atomic E-state index is 13.3. The number of allylic oxidation sites excluding steroid dienone is 4. The van der Waals surface area contributed by atoms with Crippen LogP contribution in [0.5, 0.6) is 0 Å². The van der Waals surface area contributed by atoms with Gasteiger partial charge in [-0.05, 0) is 25.0 Å². The van der Waals surface area contributed by atoms with Crippen LogP contribution in [-0.2, 0) is 16.1 Å². The van der Waals surface area contributed by atoms with Crippen LogP contribution in [0, 0.1) is 18.3 Å². The first-order valence-corrected chi connectivity index (χ1v) is 9.49. The van der Waals surface area contributed by atoms with Gasteiger partial charge in [-0.2, -0.15) is 5.10 Å². The fraction of sp³-hybridized carbons (Fsp3) is 0.429. The van der Waals surface area contributed by atoms with Gasteiger partial charge in [-0.1, -0.05) is 19.9 Å². The topological polar surface area (TPSA) is 73.1 Å². The predicted molar refractivity (Wildman–Crippen MR) is 106 cm³/mol. The van der Waals surface area contributed by atoms with Crippen LogP contribution in [0.1, 0.15) is 31.7 Å². The number of rotatable bonds is 5. The number of carbonyl (C=O) groups excluding carboxylic acids is 1. The summed E-state index contributed by atoms with van der Waals surface area (Å²) >= 11 is 0. The molecule has 2 aromatic rings. The summed E-state index contributed by atoms with van der Waals surface area (Å²) in [7, 11) is 1.66. The molecule has 7 heteroatoms. The number of hydrogen-bond donors (Lipinski definition) is 0. The van der Waals surface area contributed by atoms with Gasteiger partial charge in [0.15, 0.2) is 5.82 Å². The number of amides is 1. The quantitative estimate of drug-likeness (QED) is 0.798. The van der Waals surface area contributed by atoms with Crippen molar-refractivity contribution in [2.45, 2.75) is 33.7 Å². The largest absolute Gasteiger partial charge is 0.383 e. The molecule has 1 saturated heterocycles. The highest BCUT2D eigenvalue weighted by Gasteiger charge is 2.52. The number of methoxy groups -OCH3 is 1. The van der Waals surface area contributed by atoms with Crippen LogP contribution in [0.3, 0.4) is 0 Å². The molecule has 1 amide bonds. The van der Waals surface area contributed by atoms with Gasteiger partial charge in [0.2, 0.25) is 5.91 Å². The van der Waals surface area contributed by atoms with E-state index in [1.807, 2.05) is 45.4 Å². The van der Waals surface area contributed by atoms with E-state index in [2.05, 4.69) is 27.2 Å². The first-order chi connectivity index (χ1) is 13.4. The van der Waals surface area contributed by atoms with E-state index < -0.39 is 5.41 Å². The highest BCUT2D eigenvalue weighted by atomic mass is 16.5. The van der Waals surface area contributed by atoms with E-state index in [9.17, 15) is 4.79 Å². The Bertz CT molecular complexity index is 955. The number of hydrogen-bond acceptors (Lipinski definition) is 5. The lowest BCUT2D eigenvalue weighted by molar-refractivity contribution is -0.125. The molecule has 0 aromatic carbocycles. The standard InChI is InChI=1S/C21H25N5O2/c1-14-22-12-16(13-23-14)15-5-6-17-18(11-15)26(20(27)21(17,2)3)19-7-8-25(24-19)9-10-28-4/h5,7-8,11-13,17H,6,9-10H2,1-4H3. The zero-order valence-corrected chi connectivity index (χ0v) is 16.7. The van der Waals surface area contributed by atoms with Crippen LogP contribution in [0.4, 0.5) is 5.82 Å². The molecule has 1 aliphatic heterocycles. The molecule has 0 radical (unpaired) electrons. The minimum absolute atomic E-state index is 0.0792. The van der Waals surface area contributed by atoms with E-state index in [1.165, 1.54) is 0 Å². The molecular formula is C21H25N5O2. The third-order valence-corrected chi connectivity index (χ3v) is 5.61. The van der Waals surface area contributed by atoms with Gasteiger partial charge in [-0.25, -0.2) is 9.97 Å². The Morgan fingerprint density at radius 2 is 2.04 bits per heavy atom. The van der Waals surface area contributed by atoms with Gasteiger partial charge in [0.05, 0.1) is 18.6 Å². The Kier molecular flexibility index (Phi) is 4.63. The smallest absolute Gasteiger partial charge is 0.238 e. The van der Waals surface area contributed by atoms with Gasteiger partial charge in [0.1, 0.15) is 5.82 Å². The molecule has 0 N–H and O–H groups in total. The van der Waals surface area contributed by atoms with Crippen molar-refractivity contribution in [3.63, 3.8) is 0 Å². The molecule has 28 heavy (non-hydrogen) atoms. The number of fused-ring (bicyclic) bond motifs is 1. The minimum atomic E-state index is -0.478. The van der Waals surface area contributed by atoms with Crippen LogP contribution in [0.15, 0.2) is 42.5 Å². The molecule has 3 heterocycles. The maximum absolute atomic E-state index is 13.3. The van der Waals surface area contributed by atoms with Crippen molar-refractivity contribution >= 4 is 17.3 Å². The lowest BCUT2D eigenvalue weighted by atomic mass is 9.75. The molecule has 146 valence electrons. The SMILES string of the molecule is COCCn1ccc(N2C(=O)C(C)(C)C3CC=C(c4cnc(C)nc4)C=C32)n1. The highest BCUT2D eigenvalue weighted by molar-refractivity contribution is 6.04. The summed E-state index contributed by atoms with van der Waals surface area (Å²) in [6.07, 6.45) is 10.6. The van der Waals surface area contributed by atoms with E-state index in [4.69, 9.17) is 4.74 Å². The Morgan fingerprint density at radius 1 is 1.29 bits per heavy atom. The van der Waals surface area contributed by atoms with Crippen molar-refractivity contribution in [1.82, 2.24) is 19.7 Å². The van der Waals surface area contributed by atoms with Gasteiger partial charge >= 0.3 is 0 Å². The van der Waals surface area contributed by atoms with E-state index in [0.717, 1.165) is 29.1 Å². The first kappa shape index (κ1) is 18.6. The molecule has 1 fully saturated rings. The molecule has 0 spiro atoms. The second-order valence-corrected chi connectivity index (χ2v) is 7.83. The van der Waals surface area contributed by atoms with Crippen LogP contribution < -0.4 is 4.90 Å². The van der Waals surface area contributed by atoms with Gasteiger partial charge in [-0.3, -0.25) is 14.4 Å². The number of aryl methyl sites for hydroxylation is 1. The Labute approximate surface area is 164 Å². The molecule has 2 aromatic heterocycles. The van der Waals surface area contributed by atoms with Crippen LogP contribution in [0.25, 0.3) is 5.57 Å². The molecule has 1 unspecified atom stereocenters. The Balaban J connectivity index is 1.71. The third kappa shape index (κ3) is 3.05. The predicted octanol–water partition coefficient (Wildman–Crippen LogP) is 2.99. The molecule has 1 atom stereocenters. The highest BCUT2D eigenvalue weighted by Crippen LogP contribution is 2.50. The van der Waals surface area contributed by atoms with Crippen molar-refractivity contribution in [3.05, 3.63) is 53.9 Å². The number of ether oxygens (including phenoxy) is 1. The second-order valence-electron chi connectivity index (χ2n) is 7.83. The number of aromatic nitrogens is 4. The summed E-state index contributed by atoms with van der Waals surface area (Å²) in [4.78, 5) is 23.6. The van der Waals surface area contributed by atoms with E-state index in [1.54, 1.807) is 16.7 Å². The summed E-state index contributed by atoms with van der Waals surface area (Å²) in [6, 6.07) is 1.89. The number of carbonyl (C=O) groups is 1. The van der Waals surface area contributed by atoms with Crippen molar-refractivity contribution in [2.24, 2.45) is 11.3 Å². The molecule has 0 bridgehead atoms. The lowest BCUT2D eigenvalue weighted by Gasteiger charge is -2.25. The Morgan fingerprint density at radius 3 is 2.75 bits per heavy atom. The van der Waals surface area contributed by atoms with Crippen LogP contribution in [-0.4, -0.2) is 39.4 Å². The van der Waals surface area contributed by atoms with Crippen LogP contribution in [0.2, 0.25) is 0 Å². The zero-order valence-electron chi connectivity index (χ0n) is 16.7. The third-order valence-electron chi connectivity index (χ3n) is 5.61. The van der Waals surface area contributed by atoms with Crippen LogP contribution >= 0.6 is 0 Å². The second kappa shape index (κ2) is 6.98. The Hall–Kier alpha value is -2.80. The molecule has 1 aliphatic carbocycles. The fourth-order valence-corrected chi connectivity index (χ4v) is 3.88. The molecule has 0 saturated carbocycles. The van der Waals surface area contributed by atoms with Gasteiger partial charge in [-0.15, -0.1) is 0 Å². The summed E-state index contributed by atoms with van der Waals surface area (Å²) in [6.45, 7) is 7.13. The van der Waals surface area contributed by atoms with Crippen molar-refractivity contribution in [1.29, 1.82) is 0 Å². The minimum Gasteiger partial charge on any atom is -0.383 e. The van der Waals surface area contributed by atoms with Gasteiger partial charge in [0.25, 0.3) is 0 Å². The van der Waals surface area contributed by atoms with Crippen molar-refractivity contribution < 1.29 is 9.53 Å². The molecule has 4 rings (SSSR count).